The predicted octanol–water partition coefficient (Wildman–Crippen LogP) is 4.00. The van der Waals surface area contributed by atoms with Gasteiger partial charge in [-0.1, -0.05) is 12.1 Å². The molecule has 154 valence electrons. The van der Waals surface area contributed by atoms with Crippen LogP contribution in [0.15, 0.2) is 42.5 Å². The number of carbonyl (C=O) groups excluding carboxylic acids is 1. The summed E-state index contributed by atoms with van der Waals surface area (Å²) >= 11 is 0. The third-order valence-corrected chi connectivity index (χ3v) is 4.98. The van der Waals surface area contributed by atoms with Gasteiger partial charge in [-0.15, -0.1) is 0 Å². The fourth-order valence-electron chi connectivity index (χ4n) is 3.29. The van der Waals surface area contributed by atoms with Crippen molar-refractivity contribution in [2.24, 2.45) is 5.92 Å². The Morgan fingerprint density at radius 1 is 0.966 bits per heavy atom. The standard InChI is InChI=1S/C23H27NO5/c1-26-18-10-8-17(9-11-18)22(16-6-7-16)24-21(25)12-5-15-13-19(27-2)23(29-4)20(14-15)28-3/h5,8-14,16,22H,6-7H2,1-4H3,(H,24,25)/b12-5+. The van der Waals surface area contributed by atoms with E-state index in [9.17, 15) is 4.79 Å². The topological polar surface area (TPSA) is 66.0 Å². The molecule has 0 heterocycles. The van der Waals surface area contributed by atoms with Crippen LogP contribution in [0.25, 0.3) is 6.08 Å². The van der Waals surface area contributed by atoms with Crippen LogP contribution in [-0.4, -0.2) is 34.3 Å². The van der Waals surface area contributed by atoms with E-state index in [1.54, 1.807) is 46.6 Å². The highest BCUT2D eigenvalue weighted by molar-refractivity contribution is 5.92. The van der Waals surface area contributed by atoms with Crippen LogP contribution >= 0.6 is 0 Å². The molecule has 1 unspecified atom stereocenters. The Morgan fingerprint density at radius 3 is 2.07 bits per heavy atom. The summed E-state index contributed by atoms with van der Waals surface area (Å²) in [6, 6.07) is 11.4. The molecule has 0 bridgehead atoms. The van der Waals surface area contributed by atoms with Crippen molar-refractivity contribution in [3.05, 3.63) is 53.6 Å². The molecule has 2 aromatic carbocycles. The van der Waals surface area contributed by atoms with Crippen LogP contribution in [0.4, 0.5) is 0 Å². The summed E-state index contributed by atoms with van der Waals surface area (Å²) in [6.07, 6.45) is 5.50. The SMILES string of the molecule is COc1ccc(C(NC(=O)/C=C/c2cc(OC)c(OC)c(OC)c2)C2CC2)cc1. The third-order valence-electron chi connectivity index (χ3n) is 4.98. The summed E-state index contributed by atoms with van der Waals surface area (Å²) in [6.45, 7) is 0. The van der Waals surface area contributed by atoms with E-state index in [1.165, 1.54) is 6.08 Å². The van der Waals surface area contributed by atoms with Crippen molar-refractivity contribution in [2.75, 3.05) is 28.4 Å². The van der Waals surface area contributed by atoms with E-state index in [1.807, 2.05) is 24.3 Å². The summed E-state index contributed by atoms with van der Waals surface area (Å²) in [5, 5.41) is 3.13. The molecule has 1 amide bonds. The Balaban J connectivity index is 1.74. The lowest BCUT2D eigenvalue weighted by atomic mass is 10.0. The highest BCUT2D eigenvalue weighted by Crippen LogP contribution is 2.41. The minimum absolute atomic E-state index is 0.00186. The molecule has 0 spiro atoms. The first-order valence-corrected chi connectivity index (χ1v) is 9.52. The molecule has 0 aromatic heterocycles. The lowest BCUT2D eigenvalue weighted by Gasteiger charge is -2.18. The van der Waals surface area contributed by atoms with Crippen LogP contribution in [-0.2, 0) is 4.79 Å². The molecule has 1 aliphatic rings. The molecule has 6 heteroatoms. The van der Waals surface area contributed by atoms with Crippen molar-refractivity contribution in [3.8, 4) is 23.0 Å². The first-order chi connectivity index (χ1) is 14.1. The molecular weight excluding hydrogens is 370 g/mol. The van der Waals surface area contributed by atoms with Gasteiger partial charge in [0.25, 0.3) is 0 Å². The van der Waals surface area contributed by atoms with Crippen LogP contribution < -0.4 is 24.3 Å². The van der Waals surface area contributed by atoms with Crippen LogP contribution in [0.2, 0.25) is 0 Å². The highest BCUT2D eigenvalue weighted by Gasteiger charge is 2.33. The van der Waals surface area contributed by atoms with Gasteiger partial charge >= 0.3 is 0 Å². The Hall–Kier alpha value is -3.15. The molecule has 1 N–H and O–H groups in total. The highest BCUT2D eigenvalue weighted by atomic mass is 16.5. The normalized spacial score (nSPS) is 14.3. The second-order valence-corrected chi connectivity index (χ2v) is 6.89. The van der Waals surface area contributed by atoms with Crippen LogP contribution in [0, 0.1) is 5.92 Å². The van der Waals surface area contributed by atoms with E-state index < -0.39 is 0 Å². The fraction of sp³-hybridized carbons (Fsp3) is 0.348. The van der Waals surface area contributed by atoms with E-state index in [0.29, 0.717) is 23.2 Å². The van der Waals surface area contributed by atoms with E-state index in [0.717, 1.165) is 29.7 Å². The Labute approximate surface area is 171 Å². The van der Waals surface area contributed by atoms with E-state index in [4.69, 9.17) is 18.9 Å². The second-order valence-electron chi connectivity index (χ2n) is 6.89. The smallest absolute Gasteiger partial charge is 0.244 e. The summed E-state index contributed by atoms with van der Waals surface area (Å²) in [5.41, 5.74) is 1.87. The number of hydrogen-bond acceptors (Lipinski definition) is 5. The average molecular weight is 397 g/mol. The van der Waals surface area contributed by atoms with Crippen LogP contribution in [0.3, 0.4) is 0 Å². The molecule has 3 rings (SSSR count). The van der Waals surface area contributed by atoms with Crippen molar-refractivity contribution in [1.82, 2.24) is 5.32 Å². The maximum atomic E-state index is 12.6. The number of methoxy groups -OCH3 is 4. The quantitative estimate of drug-likeness (QED) is 0.648. The van der Waals surface area contributed by atoms with Gasteiger partial charge in [-0.05, 0) is 60.2 Å². The Kier molecular flexibility index (Phi) is 6.65. The van der Waals surface area contributed by atoms with Gasteiger partial charge in [0.2, 0.25) is 11.7 Å². The first-order valence-electron chi connectivity index (χ1n) is 9.52. The van der Waals surface area contributed by atoms with Gasteiger partial charge in [-0.3, -0.25) is 4.79 Å². The summed E-state index contributed by atoms with van der Waals surface area (Å²) in [5.74, 6) is 2.73. The fourth-order valence-corrected chi connectivity index (χ4v) is 3.29. The van der Waals surface area contributed by atoms with Crippen molar-refractivity contribution in [1.29, 1.82) is 0 Å². The van der Waals surface area contributed by atoms with Crippen molar-refractivity contribution < 1.29 is 23.7 Å². The average Bonchev–Trinajstić information content (AvgIpc) is 3.60. The zero-order valence-corrected chi connectivity index (χ0v) is 17.2. The monoisotopic (exact) mass is 397 g/mol. The van der Waals surface area contributed by atoms with Gasteiger partial charge in [0, 0.05) is 6.08 Å². The summed E-state index contributed by atoms with van der Waals surface area (Å²) in [4.78, 5) is 12.6. The van der Waals surface area contributed by atoms with Gasteiger partial charge < -0.3 is 24.3 Å². The van der Waals surface area contributed by atoms with Gasteiger partial charge in [0.1, 0.15) is 5.75 Å². The Morgan fingerprint density at radius 2 is 1.59 bits per heavy atom. The number of ether oxygens (including phenoxy) is 4. The van der Waals surface area contributed by atoms with Crippen molar-refractivity contribution >= 4 is 12.0 Å². The van der Waals surface area contributed by atoms with Gasteiger partial charge in [0.05, 0.1) is 34.5 Å². The number of carbonyl (C=O) groups is 1. The van der Waals surface area contributed by atoms with Crippen LogP contribution in [0.5, 0.6) is 23.0 Å². The van der Waals surface area contributed by atoms with Gasteiger partial charge in [0.15, 0.2) is 11.5 Å². The van der Waals surface area contributed by atoms with Crippen molar-refractivity contribution in [3.63, 3.8) is 0 Å². The number of nitrogens with one attached hydrogen (secondary N) is 1. The largest absolute Gasteiger partial charge is 0.497 e. The minimum Gasteiger partial charge on any atom is -0.497 e. The Bertz CT molecular complexity index is 846. The van der Waals surface area contributed by atoms with E-state index in [2.05, 4.69) is 5.32 Å². The molecule has 0 saturated heterocycles. The van der Waals surface area contributed by atoms with E-state index in [-0.39, 0.29) is 11.9 Å². The number of hydrogen-bond donors (Lipinski definition) is 1. The third kappa shape index (κ3) is 5.02. The van der Waals surface area contributed by atoms with Crippen LogP contribution in [0.1, 0.15) is 30.0 Å². The molecule has 1 saturated carbocycles. The molecule has 2 aromatic rings. The molecule has 1 atom stereocenters. The lowest BCUT2D eigenvalue weighted by molar-refractivity contribution is -0.117. The predicted molar refractivity (Wildman–Crippen MR) is 112 cm³/mol. The summed E-state index contributed by atoms with van der Waals surface area (Å²) < 4.78 is 21.3. The molecule has 29 heavy (non-hydrogen) atoms. The van der Waals surface area contributed by atoms with E-state index >= 15 is 0 Å². The maximum absolute atomic E-state index is 12.6. The summed E-state index contributed by atoms with van der Waals surface area (Å²) in [7, 11) is 6.32. The lowest BCUT2D eigenvalue weighted by Crippen LogP contribution is -2.28. The molecular formula is C23H27NO5. The number of rotatable bonds is 9. The molecule has 1 aliphatic carbocycles. The second kappa shape index (κ2) is 9.37. The zero-order valence-electron chi connectivity index (χ0n) is 17.2. The number of amides is 1. The maximum Gasteiger partial charge on any atom is 0.244 e. The first kappa shape index (κ1) is 20.6. The molecule has 0 radical (unpaired) electrons. The molecule has 1 fully saturated rings. The van der Waals surface area contributed by atoms with Gasteiger partial charge in [-0.2, -0.15) is 0 Å². The van der Waals surface area contributed by atoms with Crippen molar-refractivity contribution in [2.45, 2.75) is 18.9 Å². The molecule has 0 aliphatic heterocycles. The van der Waals surface area contributed by atoms with Gasteiger partial charge in [-0.25, -0.2) is 0 Å². The molecule has 6 nitrogen and oxygen atoms in total. The zero-order chi connectivity index (χ0) is 20.8. The number of benzene rings is 2. The minimum atomic E-state index is -0.147.